The minimum absolute atomic E-state index is 0.382. The standard InChI is InChI=1S/C12H25N/c1-7-13-11(4)9-12(5,6)8-10(2)3/h11,13H,2,7-9H2,1,3-6H3. The van der Waals surface area contributed by atoms with Gasteiger partial charge < -0.3 is 5.32 Å². The monoisotopic (exact) mass is 183 g/mol. The smallest absolute Gasteiger partial charge is 0.00438 e. The molecule has 1 nitrogen and oxygen atoms in total. The summed E-state index contributed by atoms with van der Waals surface area (Å²) in [6.45, 7) is 16.2. The van der Waals surface area contributed by atoms with Crippen LogP contribution in [0.4, 0.5) is 0 Å². The van der Waals surface area contributed by atoms with E-state index in [0.29, 0.717) is 11.5 Å². The van der Waals surface area contributed by atoms with Gasteiger partial charge in [0.05, 0.1) is 0 Å². The van der Waals surface area contributed by atoms with Crippen LogP contribution in [0.5, 0.6) is 0 Å². The van der Waals surface area contributed by atoms with Crippen molar-refractivity contribution >= 4 is 0 Å². The van der Waals surface area contributed by atoms with E-state index in [0.717, 1.165) is 13.0 Å². The molecule has 0 aliphatic rings. The third-order valence-corrected chi connectivity index (χ3v) is 2.19. The summed E-state index contributed by atoms with van der Waals surface area (Å²) < 4.78 is 0. The molecule has 78 valence electrons. The first-order valence-corrected chi connectivity index (χ1v) is 5.25. The predicted octanol–water partition coefficient (Wildman–Crippen LogP) is 3.37. The molecule has 0 saturated carbocycles. The number of rotatable bonds is 6. The van der Waals surface area contributed by atoms with E-state index in [1.807, 2.05) is 0 Å². The highest BCUT2D eigenvalue weighted by molar-refractivity contribution is 4.94. The van der Waals surface area contributed by atoms with Gasteiger partial charge in [0.15, 0.2) is 0 Å². The van der Waals surface area contributed by atoms with Crippen molar-refractivity contribution in [2.75, 3.05) is 6.54 Å². The summed E-state index contributed by atoms with van der Waals surface area (Å²) in [6.07, 6.45) is 2.34. The van der Waals surface area contributed by atoms with Crippen LogP contribution in [0.2, 0.25) is 0 Å². The van der Waals surface area contributed by atoms with E-state index >= 15 is 0 Å². The van der Waals surface area contributed by atoms with Crippen molar-refractivity contribution in [1.29, 1.82) is 0 Å². The maximum Gasteiger partial charge on any atom is 0.00438 e. The molecule has 0 spiro atoms. The lowest BCUT2D eigenvalue weighted by Gasteiger charge is -2.28. The van der Waals surface area contributed by atoms with Gasteiger partial charge in [0.25, 0.3) is 0 Å². The Hall–Kier alpha value is -0.300. The predicted molar refractivity (Wildman–Crippen MR) is 61.0 cm³/mol. The number of nitrogens with one attached hydrogen (secondary N) is 1. The first-order chi connectivity index (χ1) is 5.87. The van der Waals surface area contributed by atoms with Crippen LogP contribution in [0.3, 0.4) is 0 Å². The fourth-order valence-electron chi connectivity index (χ4n) is 2.14. The summed E-state index contributed by atoms with van der Waals surface area (Å²) in [6, 6.07) is 0.611. The third kappa shape index (κ3) is 6.83. The van der Waals surface area contributed by atoms with Crippen molar-refractivity contribution < 1.29 is 0 Å². The molecule has 1 atom stereocenters. The van der Waals surface area contributed by atoms with Gasteiger partial charge in [-0.1, -0.05) is 26.3 Å². The van der Waals surface area contributed by atoms with Crippen LogP contribution in [-0.4, -0.2) is 12.6 Å². The van der Waals surface area contributed by atoms with E-state index < -0.39 is 0 Å². The van der Waals surface area contributed by atoms with Gasteiger partial charge in [-0.15, -0.1) is 6.58 Å². The summed E-state index contributed by atoms with van der Waals surface area (Å²) >= 11 is 0. The van der Waals surface area contributed by atoms with Crippen LogP contribution in [0.1, 0.15) is 47.5 Å². The lowest BCUT2D eigenvalue weighted by atomic mass is 9.81. The molecule has 1 N–H and O–H groups in total. The Morgan fingerprint density at radius 1 is 1.46 bits per heavy atom. The van der Waals surface area contributed by atoms with E-state index in [1.165, 1.54) is 12.0 Å². The summed E-state index contributed by atoms with van der Waals surface area (Å²) in [4.78, 5) is 0. The van der Waals surface area contributed by atoms with Crippen LogP contribution in [0, 0.1) is 5.41 Å². The summed E-state index contributed by atoms with van der Waals surface area (Å²) in [5.41, 5.74) is 1.67. The topological polar surface area (TPSA) is 12.0 Å². The second kappa shape index (κ2) is 5.43. The van der Waals surface area contributed by atoms with Crippen molar-refractivity contribution in [2.45, 2.75) is 53.5 Å². The quantitative estimate of drug-likeness (QED) is 0.623. The van der Waals surface area contributed by atoms with E-state index in [9.17, 15) is 0 Å². The minimum Gasteiger partial charge on any atom is -0.315 e. The molecule has 1 heteroatoms. The van der Waals surface area contributed by atoms with Gasteiger partial charge in [-0.3, -0.25) is 0 Å². The fourth-order valence-corrected chi connectivity index (χ4v) is 2.14. The van der Waals surface area contributed by atoms with Crippen molar-refractivity contribution in [3.8, 4) is 0 Å². The van der Waals surface area contributed by atoms with Crippen molar-refractivity contribution in [1.82, 2.24) is 5.32 Å². The van der Waals surface area contributed by atoms with Crippen LogP contribution in [0.15, 0.2) is 12.2 Å². The van der Waals surface area contributed by atoms with Crippen LogP contribution < -0.4 is 5.32 Å². The largest absolute Gasteiger partial charge is 0.315 e. The van der Waals surface area contributed by atoms with Gasteiger partial charge in [-0.2, -0.15) is 0 Å². The Kier molecular flexibility index (Phi) is 5.31. The highest BCUT2D eigenvalue weighted by Crippen LogP contribution is 2.29. The highest BCUT2D eigenvalue weighted by atomic mass is 14.9. The van der Waals surface area contributed by atoms with E-state index in [4.69, 9.17) is 0 Å². The molecule has 0 fully saturated rings. The normalized spacial score (nSPS) is 14.2. The van der Waals surface area contributed by atoms with E-state index in [1.54, 1.807) is 0 Å². The molecular weight excluding hydrogens is 158 g/mol. The van der Waals surface area contributed by atoms with Gasteiger partial charge in [0.1, 0.15) is 0 Å². The Morgan fingerprint density at radius 2 is 2.00 bits per heavy atom. The molecule has 0 saturated heterocycles. The SMILES string of the molecule is C=C(C)CC(C)(C)CC(C)NCC. The first-order valence-electron chi connectivity index (χ1n) is 5.25. The van der Waals surface area contributed by atoms with Gasteiger partial charge in [-0.25, -0.2) is 0 Å². The molecule has 13 heavy (non-hydrogen) atoms. The molecule has 0 heterocycles. The number of allylic oxidation sites excluding steroid dienone is 1. The summed E-state index contributed by atoms with van der Waals surface area (Å²) in [7, 11) is 0. The first kappa shape index (κ1) is 12.7. The van der Waals surface area contributed by atoms with E-state index in [-0.39, 0.29) is 0 Å². The van der Waals surface area contributed by atoms with Gasteiger partial charge in [0.2, 0.25) is 0 Å². The molecule has 0 aliphatic heterocycles. The Balaban J connectivity index is 3.92. The van der Waals surface area contributed by atoms with Gasteiger partial charge >= 0.3 is 0 Å². The molecule has 0 aliphatic carbocycles. The molecule has 0 bridgehead atoms. The molecule has 0 radical (unpaired) electrons. The zero-order chi connectivity index (χ0) is 10.5. The van der Waals surface area contributed by atoms with Gasteiger partial charge in [-0.05, 0) is 38.6 Å². The Bertz CT molecular complexity index is 159. The van der Waals surface area contributed by atoms with Crippen molar-refractivity contribution in [2.24, 2.45) is 5.41 Å². The molecule has 0 aromatic carbocycles. The summed E-state index contributed by atoms with van der Waals surface area (Å²) in [5.74, 6) is 0. The zero-order valence-electron chi connectivity index (χ0n) is 9.91. The Labute approximate surface area is 83.6 Å². The molecule has 0 amide bonds. The number of hydrogen-bond acceptors (Lipinski definition) is 1. The van der Waals surface area contributed by atoms with Gasteiger partial charge in [0, 0.05) is 6.04 Å². The second-order valence-electron chi connectivity index (χ2n) is 4.96. The second-order valence-corrected chi connectivity index (χ2v) is 4.96. The van der Waals surface area contributed by atoms with Crippen LogP contribution in [0.25, 0.3) is 0 Å². The Morgan fingerprint density at radius 3 is 2.38 bits per heavy atom. The molecule has 1 unspecified atom stereocenters. The third-order valence-electron chi connectivity index (χ3n) is 2.19. The van der Waals surface area contributed by atoms with Crippen molar-refractivity contribution in [3.05, 3.63) is 12.2 Å². The molecule has 0 rings (SSSR count). The highest BCUT2D eigenvalue weighted by Gasteiger charge is 2.20. The maximum absolute atomic E-state index is 3.97. The lowest BCUT2D eigenvalue weighted by Crippen LogP contribution is -2.31. The fraction of sp³-hybridized carbons (Fsp3) is 0.833. The van der Waals surface area contributed by atoms with E-state index in [2.05, 4.69) is 46.5 Å². The van der Waals surface area contributed by atoms with Crippen LogP contribution in [-0.2, 0) is 0 Å². The average Bonchev–Trinajstić information content (AvgIpc) is 1.81. The summed E-state index contributed by atoms with van der Waals surface area (Å²) in [5, 5.41) is 3.45. The minimum atomic E-state index is 0.382. The average molecular weight is 183 g/mol. The lowest BCUT2D eigenvalue weighted by molar-refractivity contribution is 0.288. The van der Waals surface area contributed by atoms with Crippen molar-refractivity contribution in [3.63, 3.8) is 0 Å². The molecular formula is C12H25N. The zero-order valence-corrected chi connectivity index (χ0v) is 9.91. The van der Waals surface area contributed by atoms with Crippen LogP contribution >= 0.6 is 0 Å². The molecule has 0 aromatic rings. The molecule has 0 aromatic heterocycles. The maximum atomic E-state index is 3.97. The number of hydrogen-bond donors (Lipinski definition) is 1.